The molecule has 2 amide bonds. The summed E-state index contributed by atoms with van der Waals surface area (Å²) in [4.78, 5) is 26.3. The Balaban J connectivity index is 4.87. The van der Waals surface area contributed by atoms with Crippen molar-refractivity contribution in [2.24, 2.45) is 0 Å². The van der Waals surface area contributed by atoms with Gasteiger partial charge in [-0.3, -0.25) is 4.79 Å². The van der Waals surface area contributed by atoms with Crippen LogP contribution in [-0.4, -0.2) is 52.6 Å². The van der Waals surface area contributed by atoms with Crippen LogP contribution in [0, 0.1) is 0 Å². The van der Waals surface area contributed by atoms with Gasteiger partial charge in [0.1, 0.15) is 6.54 Å². The summed E-state index contributed by atoms with van der Waals surface area (Å²) in [6.07, 6.45) is 4.32. The monoisotopic (exact) mass is 270 g/mol. The Bertz CT molecular complexity index is 305. The summed E-state index contributed by atoms with van der Waals surface area (Å²) < 4.78 is 0. The van der Waals surface area contributed by atoms with Gasteiger partial charge < -0.3 is 14.9 Å². The number of carboxylic acids is 1. The van der Waals surface area contributed by atoms with Gasteiger partial charge in [0.05, 0.1) is 0 Å². The third-order valence-corrected chi connectivity index (χ3v) is 3.07. The van der Waals surface area contributed by atoms with E-state index in [0.717, 1.165) is 19.3 Å². The molecule has 0 radical (unpaired) electrons. The van der Waals surface area contributed by atoms with E-state index >= 15 is 0 Å². The summed E-state index contributed by atoms with van der Waals surface area (Å²) >= 11 is 0. The average molecular weight is 270 g/mol. The van der Waals surface area contributed by atoms with Crippen LogP contribution < -0.4 is 0 Å². The summed E-state index contributed by atoms with van der Waals surface area (Å²) in [5, 5.41) is 8.87. The van der Waals surface area contributed by atoms with Crippen LogP contribution in [0.15, 0.2) is 12.7 Å². The fraction of sp³-hybridized carbons (Fsp3) is 0.714. The van der Waals surface area contributed by atoms with E-state index < -0.39 is 5.97 Å². The molecule has 0 aromatic heterocycles. The number of carboxylic acid groups (broad SMARTS) is 1. The third-order valence-electron chi connectivity index (χ3n) is 3.07. The first-order valence-corrected chi connectivity index (χ1v) is 6.86. The molecule has 19 heavy (non-hydrogen) atoms. The molecule has 1 atom stereocenters. The molecule has 0 aliphatic rings. The van der Waals surface area contributed by atoms with Crippen LogP contribution in [0.25, 0.3) is 0 Å². The van der Waals surface area contributed by atoms with E-state index in [1.54, 1.807) is 11.0 Å². The minimum Gasteiger partial charge on any atom is -0.480 e. The summed E-state index contributed by atoms with van der Waals surface area (Å²) in [5.74, 6) is -1.00. The minimum atomic E-state index is -1.00. The smallest absolute Gasteiger partial charge is 0.323 e. The lowest BCUT2D eigenvalue weighted by Crippen LogP contribution is -2.49. The number of aliphatic carboxylic acids is 1. The van der Waals surface area contributed by atoms with Gasteiger partial charge in [-0.2, -0.15) is 0 Å². The highest BCUT2D eigenvalue weighted by atomic mass is 16.4. The molecule has 1 N–H and O–H groups in total. The first kappa shape index (κ1) is 17.5. The molecule has 0 aromatic carbocycles. The van der Waals surface area contributed by atoms with Crippen LogP contribution in [0.3, 0.4) is 0 Å². The maximum atomic E-state index is 12.4. The topological polar surface area (TPSA) is 60.9 Å². The summed E-state index contributed by atoms with van der Waals surface area (Å²) in [6, 6.07) is -0.106. The van der Waals surface area contributed by atoms with Crippen molar-refractivity contribution in [3.05, 3.63) is 12.7 Å². The van der Waals surface area contributed by atoms with Crippen LogP contribution in [0.4, 0.5) is 4.79 Å². The van der Waals surface area contributed by atoms with Gasteiger partial charge in [0.15, 0.2) is 0 Å². The first-order valence-electron chi connectivity index (χ1n) is 6.86. The van der Waals surface area contributed by atoms with Gasteiger partial charge in [-0.25, -0.2) is 4.79 Å². The summed E-state index contributed by atoms with van der Waals surface area (Å²) in [5.41, 5.74) is 0. The van der Waals surface area contributed by atoms with E-state index in [0.29, 0.717) is 6.54 Å². The lowest BCUT2D eigenvalue weighted by molar-refractivity contribution is -0.137. The quantitative estimate of drug-likeness (QED) is 0.655. The average Bonchev–Trinajstić information content (AvgIpc) is 2.37. The molecule has 0 rings (SSSR count). The van der Waals surface area contributed by atoms with E-state index in [9.17, 15) is 9.59 Å². The van der Waals surface area contributed by atoms with Crippen molar-refractivity contribution < 1.29 is 14.7 Å². The highest BCUT2D eigenvalue weighted by Gasteiger charge is 2.24. The molecule has 0 aliphatic heterocycles. The Morgan fingerprint density at radius 2 is 2.00 bits per heavy atom. The molecule has 110 valence electrons. The lowest BCUT2D eigenvalue weighted by Gasteiger charge is -2.33. The number of amides is 2. The maximum absolute atomic E-state index is 12.4. The molecule has 0 bridgehead atoms. The lowest BCUT2D eigenvalue weighted by atomic mass is 10.2. The zero-order chi connectivity index (χ0) is 14.8. The zero-order valence-corrected chi connectivity index (χ0v) is 12.3. The number of carbonyl (C=O) groups excluding carboxylic acids is 1. The normalized spacial score (nSPS) is 11.7. The van der Waals surface area contributed by atoms with Gasteiger partial charge in [-0.1, -0.05) is 26.3 Å². The number of rotatable bonds is 9. The van der Waals surface area contributed by atoms with Gasteiger partial charge >= 0.3 is 12.0 Å². The van der Waals surface area contributed by atoms with E-state index in [1.807, 2.05) is 13.8 Å². The van der Waals surface area contributed by atoms with Gasteiger partial charge in [0.2, 0.25) is 0 Å². The van der Waals surface area contributed by atoms with E-state index in [-0.39, 0.29) is 25.2 Å². The number of urea groups is 1. The zero-order valence-electron chi connectivity index (χ0n) is 12.3. The van der Waals surface area contributed by atoms with Crippen molar-refractivity contribution in [2.45, 2.75) is 46.1 Å². The van der Waals surface area contributed by atoms with Crippen molar-refractivity contribution in [3.63, 3.8) is 0 Å². The third kappa shape index (κ3) is 6.27. The Kier molecular flexibility index (Phi) is 8.66. The Morgan fingerprint density at radius 1 is 1.37 bits per heavy atom. The molecule has 0 fully saturated rings. The highest BCUT2D eigenvalue weighted by Crippen LogP contribution is 2.10. The Morgan fingerprint density at radius 3 is 2.42 bits per heavy atom. The predicted octanol–water partition coefficient (Wildman–Crippen LogP) is 2.58. The Labute approximate surface area is 115 Å². The minimum absolute atomic E-state index is 0.111. The molecule has 0 aromatic rings. The second-order valence-electron chi connectivity index (χ2n) is 4.65. The second kappa shape index (κ2) is 9.42. The van der Waals surface area contributed by atoms with Crippen LogP contribution in [0.1, 0.15) is 40.0 Å². The molecule has 0 heterocycles. The van der Waals surface area contributed by atoms with E-state index in [4.69, 9.17) is 5.11 Å². The van der Waals surface area contributed by atoms with Crippen molar-refractivity contribution in [3.8, 4) is 0 Å². The number of nitrogens with zero attached hydrogens (tertiary/aromatic N) is 2. The molecule has 5 heteroatoms. The standard InChI is InChI=1S/C14H26N2O3/c1-5-8-10-16(12(4)7-3)14(19)15(9-6-2)11-13(17)18/h6,12H,2,5,7-11H2,1,3-4H3,(H,17,18). The number of unbranched alkanes of at least 4 members (excludes halogenated alkanes) is 1. The van der Waals surface area contributed by atoms with Gasteiger partial charge in [0, 0.05) is 19.1 Å². The van der Waals surface area contributed by atoms with Crippen molar-refractivity contribution >= 4 is 12.0 Å². The largest absolute Gasteiger partial charge is 0.480 e. The number of hydrogen-bond acceptors (Lipinski definition) is 2. The molecule has 0 saturated carbocycles. The first-order chi connectivity index (χ1) is 8.97. The summed E-state index contributed by atoms with van der Waals surface area (Å²) in [6.45, 7) is 10.3. The van der Waals surface area contributed by atoms with Gasteiger partial charge in [0.25, 0.3) is 0 Å². The van der Waals surface area contributed by atoms with Crippen LogP contribution in [0.2, 0.25) is 0 Å². The number of carbonyl (C=O) groups is 2. The second-order valence-corrected chi connectivity index (χ2v) is 4.65. The number of hydrogen-bond donors (Lipinski definition) is 1. The highest BCUT2D eigenvalue weighted by molar-refractivity contribution is 5.80. The van der Waals surface area contributed by atoms with E-state index in [2.05, 4.69) is 13.5 Å². The van der Waals surface area contributed by atoms with Gasteiger partial charge in [-0.05, 0) is 19.8 Å². The van der Waals surface area contributed by atoms with Crippen molar-refractivity contribution in [1.29, 1.82) is 0 Å². The SMILES string of the molecule is C=CCN(CC(=O)O)C(=O)N(CCCC)C(C)CC. The van der Waals surface area contributed by atoms with Gasteiger partial charge in [-0.15, -0.1) is 6.58 Å². The van der Waals surface area contributed by atoms with Crippen LogP contribution in [-0.2, 0) is 4.79 Å². The molecule has 5 nitrogen and oxygen atoms in total. The fourth-order valence-corrected chi connectivity index (χ4v) is 1.76. The molecular weight excluding hydrogens is 244 g/mol. The van der Waals surface area contributed by atoms with Crippen LogP contribution in [0.5, 0.6) is 0 Å². The van der Waals surface area contributed by atoms with Crippen LogP contribution >= 0.6 is 0 Å². The molecule has 0 aliphatic carbocycles. The Hall–Kier alpha value is -1.52. The van der Waals surface area contributed by atoms with Crippen molar-refractivity contribution in [2.75, 3.05) is 19.6 Å². The molecular formula is C14H26N2O3. The van der Waals surface area contributed by atoms with Crippen molar-refractivity contribution in [1.82, 2.24) is 9.80 Å². The van der Waals surface area contributed by atoms with E-state index in [1.165, 1.54) is 4.90 Å². The fourth-order valence-electron chi connectivity index (χ4n) is 1.76. The molecule has 0 spiro atoms. The predicted molar refractivity (Wildman–Crippen MR) is 76.2 cm³/mol. The maximum Gasteiger partial charge on any atom is 0.323 e. The summed E-state index contributed by atoms with van der Waals surface area (Å²) in [7, 11) is 0. The molecule has 0 saturated heterocycles. The molecule has 1 unspecified atom stereocenters.